The first kappa shape index (κ1) is 8.73. The second-order valence-electron chi connectivity index (χ2n) is 3.86. The molecule has 1 unspecified atom stereocenters. The maximum absolute atomic E-state index is 6.02. The van der Waals surface area contributed by atoms with Crippen LogP contribution in [0, 0.1) is 0 Å². The van der Waals surface area contributed by atoms with Gasteiger partial charge in [-0.15, -0.1) is 0 Å². The van der Waals surface area contributed by atoms with Crippen LogP contribution in [-0.4, -0.2) is 12.6 Å². The zero-order chi connectivity index (χ0) is 9.31. The quantitative estimate of drug-likeness (QED) is 0.722. The molecule has 1 atom stereocenters. The molecule has 1 saturated carbocycles. The van der Waals surface area contributed by atoms with E-state index in [0.29, 0.717) is 6.54 Å². The van der Waals surface area contributed by atoms with Crippen molar-refractivity contribution in [3.05, 3.63) is 35.9 Å². The fourth-order valence-corrected chi connectivity index (χ4v) is 2.00. The number of benzene rings is 1. The molecule has 13 heavy (non-hydrogen) atoms. The fraction of sp³-hybridized carbons (Fsp3) is 0.455. The lowest BCUT2D eigenvalue weighted by atomic mass is 9.89. The van der Waals surface area contributed by atoms with Gasteiger partial charge in [-0.05, 0) is 18.4 Å². The molecule has 2 rings (SSSR count). The highest BCUT2D eigenvalue weighted by Gasteiger charge is 2.48. The van der Waals surface area contributed by atoms with E-state index in [2.05, 4.69) is 24.3 Å². The molecule has 1 fully saturated rings. The fourth-order valence-electron chi connectivity index (χ4n) is 2.00. The average Bonchev–Trinajstić information content (AvgIpc) is 2.99. The van der Waals surface area contributed by atoms with E-state index in [1.807, 2.05) is 6.07 Å². The Morgan fingerprint density at radius 1 is 1.23 bits per heavy atom. The minimum Gasteiger partial charge on any atom is -0.329 e. The molecule has 1 aliphatic rings. The van der Waals surface area contributed by atoms with E-state index in [4.69, 9.17) is 11.5 Å². The van der Waals surface area contributed by atoms with E-state index in [9.17, 15) is 0 Å². The van der Waals surface area contributed by atoms with Crippen LogP contribution in [0.3, 0.4) is 0 Å². The van der Waals surface area contributed by atoms with Crippen LogP contribution in [0.2, 0.25) is 0 Å². The van der Waals surface area contributed by atoms with E-state index < -0.39 is 0 Å². The molecule has 2 heteroatoms. The lowest BCUT2D eigenvalue weighted by molar-refractivity contribution is 0.525. The molecule has 2 nitrogen and oxygen atoms in total. The summed E-state index contributed by atoms with van der Waals surface area (Å²) in [6.45, 7) is 0.578. The largest absolute Gasteiger partial charge is 0.329 e. The Morgan fingerprint density at radius 2 is 1.85 bits per heavy atom. The maximum Gasteiger partial charge on any atom is 0.0261 e. The van der Waals surface area contributed by atoms with Gasteiger partial charge in [-0.2, -0.15) is 0 Å². The molecule has 0 heterocycles. The first-order chi connectivity index (χ1) is 6.29. The third-order valence-electron chi connectivity index (χ3n) is 3.10. The second-order valence-corrected chi connectivity index (χ2v) is 3.86. The van der Waals surface area contributed by atoms with Crippen molar-refractivity contribution in [1.82, 2.24) is 0 Å². The minimum atomic E-state index is 0.120. The third kappa shape index (κ3) is 1.36. The molecule has 0 aliphatic heterocycles. The summed E-state index contributed by atoms with van der Waals surface area (Å²) in [7, 11) is 0. The average molecular weight is 176 g/mol. The highest BCUT2D eigenvalue weighted by atomic mass is 14.8. The Labute approximate surface area is 78.9 Å². The van der Waals surface area contributed by atoms with Crippen molar-refractivity contribution < 1.29 is 0 Å². The van der Waals surface area contributed by atoms with Crippen LogP contribution in [0.25, 0.3) is 0 Å². The molecule has 1 aliphatic carbocycles. The van der Waals surface area contributed by atoms with Crippen LogP contribution in [0.5, 0.6) is 0 Å². The predicted octanol–water partition coefficient (Wildman–Crippen LogP) is 1.00. The highest BCUT2D eigenvalue weighted by molar-refractivity contribution is 5.33. The Bertz CT molecular complexity index is 277. The predicted molar refractivity (Wildman–Crippen MR) is 54.4 cm³/mol. The van der Waals surface area contributed by atoms with Crippen LogP contribution in [0.1, 0.15) is 18.4 Å². The summed E-state index contributed by atoms with van der Waals surface area (Å²) in [6, 6.07) is 10.6. The van der Waals surface area contributed by atoms with E-state index in [0.717, 1.165) is 0 Å². The van der Waals surface area contributed by atoms with Gasteiger partial charge >= 0.3 is 0 Å². The Hall–Kier alpha value is -0.860. The number of rotatable bonds is 3. The number of nitrogens with two attached hydrogens (primary N) is 2. The van der Waals surface area contributed by atoms with Gasteiger partial charge in [-0.3, -0.25) is 0 Å². The summed E-state index contributed by atoms with van der Waals surface area (Å²) in [5.41, 5.74) is 13.2. The molecular formula is C11H16N2. The monoisotopic (exact) mass is 176 g/mol. The zero-order valence-corrected chi connectivity index (χ0v) is 7.74. The van der Waals surface area contributed by atoms with E-state index in [-0.39, 0.29) is 11.5 Å². The summed E-state index contributed by atoms with van der Waals surface area (Å²) >= 11 is 0. The Kier molecular flexibility index (Phi) is 2.10. The van der Waals surface area contributed by atoms with Gasteiger partial charge < -0.3 is 11.5 Å². The molecule has 70 valence electrons. The van der Waals surface area contributed by atoms with Crippen molar-refractivity contribution in [2.45, 2.75) is 24.3 Å². The van der Waals surface area contributed by atoms with Crippen LogP contribution >= 0.6 is 0 Å². The molecule has 0 bridgehead atoms. The summed E-state index contributed by atoms with van der Waals surface area (Å²) in [5, 5.41) is 0. The van der Waals surface area contributed by atoms with Crippen LogP contribution < -0.4 is 11.5 Å². The van der Waals surface area contributed by atoms with Crippen molar-refractivity contribution in [1.29, 1.82) is 0 Å². The lowest BCUT2D eigenvalue weighted by Gasteiger charge is -2.22. The van der Waals surface area contributed by atoms with Crippen molar-refractivity contribution >= 4 is 0 Å². The van der Waals surface area contributed by atoms with Gasteiger partial charge in [0.15, 0.2) is 0 Å². The molecule has 0 amide bonds. The topological polar surface area (TPSA) is 52.0 Å². The van der Waals surface area contributed by atoms with Gasteiger partial charge in [0, 0.05) is 18.0 Å². The molecule has 1 aromatic carbocycles. The number of hydrogen-bond acceptors (Lipinski definition) is 2. The molecule has 0 saturated heterocycles. The molecule has 0 spiro atoms. The van der Waals surface area contributed by atoms with Gasteiger partial charge in [-0.25, -0.2) is 0 Å². The Balaban J connectivity index is 2.26. The van der Waals surface area contributed by atoms with Crippen molar-refractivity contribution in [2.75, 3.05) is 6.54 Å². The molecule has 1 aromatic rings. The standard InChI is InChI=1S/C11H16N2/c12-8-10(13)11(6-7-11)9-4-2-1-3-5-9/h1-5,10H,6-8,12-13H2. The van der Waals surface area contributed by atoms with Crippen LogP contribution in [0.15, 0.2) is 30.3 Å². The maximum atomic E-state index is 6.02. The summed E-state index contributed by atoms with van der Waals surface area (Å²) in [4.78, 5) is 0. The first-order valence-electron chi connectivity index (χ1n) is 4.81. The SMILES string of the molecule is NCC(N)C1(c2ccccc2)CC1. The minimum absolute atomic E-state index is 0.120. The van der Waals surface area contributed by atoms with Crippen molar-refractivity contribution in [2.24, 2.45) is 11.5 Å². The van der Waals surface area contributed by atoms with Gasteiger partial charge in [0.25, 0.3) is 0 Å². The summed E-state index contributed by atoms with van der Waals surface area (Å²) < 4.78 is 0. The van der Waals surface area contributed by atoms with E-state index >= 15 is 0 Å². The van der Waals surface area contributed by atoms with E-state index in [1.165, 1.54) is 18.4 Å². The second kappa shape index (κ2) is 3.13. The van der Waals surface area contributed by atoms with Crippen LogP contribution in [0.4, 0.5) is 0 Å². The van der Waals surface area contributed by atoms with Gasteiger partial charge in [0.2, 0.25) is 0 Å². The molecule has 4 N–H and O–H groups in total. The van der Waals surface area contributed by atoms with Crippen LogP contribution in [-0.2, 0) is 5.41 Å². The molecule has 0 aromatic heterocycles. The zero-order valence-electron chi connectivity index (χ0n) is 7.74. The summed E-state index contributed by atoms with van der Waals surface area (Å²) in [6.07, 6.45) is 2.38. The van der Waals surface area contributed by atoms with Crippen molar-refractivity contribution in [3.8, 4) is 0 Å². The highest BCUT2D eigenvalue weighted by Crippen LogP contribution is 2.49. The van der Waals surface area contributed by atoms with E-state index in [1.54, 1.807) is 0 Å². The van der Waals surface area contributed by atoms with Gasteiger partial charge in [0.05, 0.1) is 0 Å². The normalized spacial score (nSPS) is 21.1. The van der Waals surface area contributed by atoms with Gasteiger partial charge in [-0.1, -0.05) is 30.3 Å². The Morgan fingerprint density at radius 3 is 2.31 bits per heavy atom. The molecular weight excluding hydrogens is 160 g/mol. The smallest absolute Gasteiger partial charge is 0.0261 e. The van der Waals surface area contributed by atoms with Crippen molar-refractivity contribution in [3.63, 3.8) is 0 Å². The lowest BCUT2D eigenvalue weighted by Crippen LogP contribution is -2.41. The first-order valence-corrected chi connectivity index (χ1v) is 4.81. The number of hydrogen-bond donors (Lipinski definition) is 2. The van der Waals surface area contributed by atoms with Gasteiger partial charge in [0.1, 0.15) is 0 Å². The third-order valence-corrected chi connectivity index (χ3v) is 3.10. The summed E-state index contributed by atoms with van der Waals surface area (Å²) in [5.74, 6) is 0. The molecule has 0 radical (unpaired) electrons.